The van der Waals surface area contributed by atoms with Crippen molar-refractivity contribution < 1.29 is 9.53 Å². The number of carbonyl (C=O) groups is 1. The second kappa shape index (κ2) is 10.1. The van der Waals surface area contributed by atoms with E-state index in [0.29, 0.717) is 29.9 Å². The van der Waals surface area contributed by atoms with Crippen LogP contribution < -0.4 is 10.9 Å². The average Bonchev–Trinajstić information content (AvgIpc) is 2.56. The number of halogens is 1. The smallest absolute Gasteiger partial charge is 0.258 e. The summed E-state index contributed by atoms with van der Waals surface area (Å²) in [6, 6.07) is 7.16. The van der Waals surface area contributed by atoms with E-state index in [0.717, 1.165) is 0 Å². The van der Waals surface area contributed by atoms with Crippen LogP contribution in [-0.2, 0) is 16.1 Å². The Bertz CT molecular complexity index is 748. The van der Waals surface area contributed by atoms with Crippen LogP contribution in [0.2, 0.25) is 0 Å². The van der Waals surface area contributed by atoms with Crippen molar-refractivity contribution in [2.45, 2.75) is 26.4 Å². The molecule has 1 aromatic heterocycles. The summed E-state index contributed by atoms with van der Waals surface area (Å²) in [5.74, 6) is 0.439. The lowest BCUT2D eigenvalue weighted by Crippen LogP contribution is -2.43. The number of carbonyl (C=O) groups excluding carboxylic acids is 1. The third-order valence-electron chi connectivity index (χ3n) is 3.68. The standard InChI is InChI=1S/C17H24N4O3.ClH/c1-12(2)21(16(22)10-18-8-9-24-3)11-15-19-14-7-5-4-6-13(14)17(23)20-15;/h4-7,12,18H,8-11H2,1-3H3,(H,19,20,23);1H. The van der Waals surface area contributed by atoms with Crippen LogP contribution in [-0.4, -0.2) is 53.6 Å². The summed E-state index contributed by atoms with van der Waals surface area (Å²) in [5, 5.41) is 3.59. The van der Waals surface area contributed by atoms with Crippen LogP contribution in [0.5, 0.6) is 0 Å². The number of amides is 1. The van der Waals surface area contributed by atoms with Crippen molar-refractivity contribution in [3.63, 3.8) is 0 Å². The van der Waals surface area contributed by atoms with Gasteiger partial charge in [0.2, 0.25) is 5.91 Å². The molecule has 8 heteroatoms. The van der Waals surface area contributed by atoms with Gasteiger partial charge in [-0.25, -0.2) is 4.98 Å². The lowest BCUT2D eigenvalue weighted by Gasteiger charge is -2.26. The van der Waals surface area contributed by atoms with Crippen molar-refractivity contribution in [3.8, 4) is 0 Å². The number of nitrogens with zero attached hydrogens (tertiary/aromatic N) is 2. The van der Waals surface area contributed by atoms with Gasteiger partial charge in [-0.05, 0) is 26.0 Å². The van der Waals surface area contributed by atoms with Gasteiger partial charge in [0, 0.05) is 19.7 Å². The van der Waals surface area contributed by atoms with Crippen LogP contribution in [0.15, 0.2) is 29.1 Å². The molecule has 25 heavy (non-hydrogen) atoms. The Balaban J connectivity index is 0.00000312. The molecule has 2 rings (SSSR count). The van der Waals surface area contributed by atoms with Gasteiger partial charge in [0.1, 0.15) is 5.82 Å². The normalized spacial score (nSPS) is 10.7. The highest BCUT2D eigenvalue weighted by atomic mass is 35.5. The zero-order valence-corrected chi connectivity index (χ0v) is 15.6. The number of aromatic amines is 1. The third kappa shape index (κ3) is 5.81. The monoisotopic (exact) mass is 368 g/mol. The van der Waals surface area contributed by atoms with E-state index >= 15 is 0 Å². The van der Waals surface area contributed by atoms with E-state index in [2.05, 4.69) is 15.3 Å². The first-order valence-electron chi connectivity index (χ1n) is 8.00. The fraction of sp³-hybridized carbons (Fsp3) is 0.471. The number of para-hydroxylation sites is 1. The molecular weight excluding hydrogens is 344 g/mol. The minimum Gasteiger partial charge on any atom is -0.383 e. The van der Waals surface area contributed by atoms with Crippen LogP contribution >= 0.6 is 12.4 Å². The van der Waals surface area contributed by atoms with E-state index in [-0.39, 0.29) is 43.0 Å². The van der Waals surface area contributed by atoms with Crippen molar-refractivity contribution in [2.24, 2.45) is 0 Å². The lowest BCUT2D eigenvalue weighted by molar-refractivity contribution is -0.132. The maximum Gasteiger partial charge on any atom is 0.258 e. The largest absolute Gasteiger partial charge is 0.383 e. The SMILES string of the molecule is COCCNCC(=O)N(Cc1nc2ccccc2c(=O)[nH]1)C(C)C.Cl. The van der Waals surface area contributed by atoms with Crippen molar-refractivity contribution in [1.29, 1.82) is 0 Å². The molecule has 1 aromatic carbocycles. The van der Waals surface area contributed by atoms with Gasteiger partial charge in [-0.15, -0.1) is 12.4 Å². The fourth-order valence-electron chi connectivity index (χ4n) is 2.40. The molecule has 0 radical (unpaired) electrons. The highest BCUT2D eigenvalue weighted by Gasteiger charge is 2.18. The molecule has 2 N–H and O–H groups in total. The third-order valence-corrected chi connectivity index (χ3v) is 3.68. The second-order valence-electron chi connectivity index (χ2n) is 5.81. The van der Waals surface area contributed by atoms with E-state index < -0.39 is 0 Å². The van der Waals surface area contributed by atoms with Gasteiger partial charge >= 0.3 is 0 Å². The maximum atomic E-state index is 12.4. The van der Waals surface area contributed by atoms with Gasteiger partial charge in [-0.1, -0.05) is 12.1 Å². The number of aromatic nitrogens is 2. The molecule has 0 saturated carbocycles. The zero-order chi connectivity index (χ0) is 17.5. The fourth-order valence-corrected chi connectivity index (χ4v) is 2.40. The van der Waals surface area contributed by atoms with E-state index in [1.807, 2.05) is 19.9 Å². The highest BCUT2D eigenvalue weighted by molar-refractivity contribution is 5.85. The summed E-state index contributed by atoms with van der Waals surface area (Å²) >= 11 is 0. The first kappa shape index (κ1) is 21.1. The Morgan fingerprint density at radius 2 is 2.08 bits per heavy atom. The summed E-state index contributed by atoms with van der Waals surface area (Å²) in [6.45, 7) is 5.52. The molecule has 1 amide bonds. The summed E-state index contributed by atoms with van der Waals surface area (Å²) in [6.07, 6.45) is 0. The first-order valence-corrected chi connectivity index (χ1v) is 8.00. The number of nitrogens with one attached hydrogen (secondary N) is 2. The molecule has 0 aliphatic carbocycles. The highest BCUT2D eigenvalue weighted by Crippen LogP contribution is 2.09. The minimum atomic E-state index is -0.190. The second-order valence-corrected chi connectivity index (χ2v) is 5.81. The predicted octanol–water partition coefficient (Wildman–Crippen LogP) is 1.32. The lowest BCUT2D eigenvalue weighted by atomic mass is 10.2. The Morgan fingerprint density at radius 3 is 2.76 bits per heavy atom. The molecule has 0 aliphatic rings. The minimum absolute atomic E-state index is 0. The molecule has 0 unspecified atom stereocenters. The van der Waals surface area contributed by atoms with Crippen molar-refractivity contribution >= 4 is 29.2 Å². The molecule has 0 saturated heterocycles. The predicted molar refractivity (Wildman–Crippen MR) is 100 cm³/mol. The number of methoxy groups -OCH3 is 1. The maximum absolute atomic E-state index is 12.4. The van der Waals surface area contributed by atoms with Gasteiger partial charge in [-0.2, -0.15) is 0 Å². The van der Waals surface area contributed by atoms with Gasteiger partial charge in [0.25, 0.3) is 5.56 Å². The van der Waals surface area contributed by atoms with Crippen molar-refractivity contribution in [1.82, 2.24) is 20.2 Å². The van der Waals surface area contributed by atoms with Crippen LogP contribution in [0.4, 0.5) is 0 Å². The summed E-state index contributed by atoms with van der Waals surface area (Å²) in [7, 11) is 1.62. The van der Waals surface area contributed by atoms with E-state index in [1.54, 1.807) is 30.2 Å². The molecule has 0 aliphatic heterocycles. The van der Waals surface area contributed by atoms with Gasteiger partial charge in [0.05, 0.1) is 30.6 Å². The Hall–Kier alpha value is -1.96. The number of benzene rings is 1. The molecule has 1 heterocycles. The summed E-state index contributed by atoms with van der Waals surface area (Å²) in [4.78, 5) is 33.5. The van der Waals surface area contributed by atoms with Crippen LogP contribution in [0.25, 0.3) is 10.9 Å². The average molecular weight is 369 g/mol. The zero-order valence-electron chi connectivity index (χ0n) is 14.7. The van der Waals surface area contributed by atoms with Crippen LogP contribution in [0, 0.1) is 0 Å². The van der Waals surface area contributed by atoms with E-state index in [4.69, 9.17) is 4.74 Å². The molecule has 7 nitrogen and oxygen atoms in total. The number of ether oxygens (including phenoxy) is 1. The number of hydrogen-bond donors (Lipinski definition) is 2. The van der Waals surface area contributed by atoms with Crippen LogP contribution in [0.1, 0.15) is 19.7 Å². The van der Waals surface area contributed by atoms with Crippen molar-refractivity contribution in [3.05, 3.63) is 40.4 Å². The van der Waals surface area contributed by atoms with Crippen LogP contribution in [0.3, 0.4) is 0 Å². The van der Waals surface area contributed by atoms with Gasteiger partial charge in [0.15, 0.2) is 0 Å². The molecule has 2 aromatic rings. The van der Waals surface area contributed by atoms with E-state index in [9.17, 15) is 9.59 Å². The molecule has 0 spiro atoms. The molecule has 0 fully saturated rings. The Labute approximate surface area is 153 Å². The topological polar surface area (TPSA) is 87.3 Å². The Morgan fingerprint density at radius 1 is 1.36 bits per heavy atom. The number of rotatable bonds is 8. The quantitative estimate of drug-likeness (QED) is 0.686. The summed E-state index contributed by atoms with van der Waals surface area (Å²) in [5.41, 5.74) is 0.440. The Kier molecular flexibility index (Phi) is 8.54. The van der Waals surface area contributed by atoms with E-state index in [1.165, 1.54) is 0 Å². The van der Waals surface area contributed by atoms with Crippen molar-refractivity contribution in [2.75, 3.05) is 26.8 Å². The molecule has 0 atom stereocenters. The van der Waals surface area contributed by atoms with Gasteiger partial charge < -0.3 is 19.9 Å². The van der Waals surface area contributed by atoms with Gasteiger partial charge in [-0.3, -0.25) is 9.59 Å². The number of H-pyrrole nitrogens is 1. The molecule has 0 bridgehead atoms. The summed E-state index contributed by atoms with van der Waals surface area (Å²) < 4.78 is 4.94. The number of hydrogen-bond acceptors (Lipinski definition) is 5. The molecular formula is C17H25ClN4O3. The first-order chi connectivity index (χ1) is 11.5. The number of fused-ring (bicyclic) bond motifs is 1. The molecule has 138 valence electrons.